The third-order valence-corrected chi connectivity index (χ3v) is 5.00. The summed E-state index contributed by atoms with van der Waals surface area (Å²) < 4.78 is 2.05. The van der Waals surface area contributed by atoms with Crippen molar-refractivity contribution in [2.45, 2.75) is 25.2 Å². The third-order valence-electron chi connectivity index (χ3n) is 3.98. The number of aromatic nitrogens is 2. The predicted octanol–water partition coefficient (Wildman–Crippen LogP) is 4.08. The van der Waals surface area contributed by atoms with Gasteiger partial charge in [0.2, 0.25) is 0 Å². The highest BCUT2D eigenvalue weighted by molar-refractivity contribution is 6.22. The lowest BCUT2D eigenvalue weighted by Crippen LogP contribution is -2.32. The van der Waals surface area contributed by atoms with Crippen LogP contribution in [0.15, 0.2) is 36.7 Å². The second-order valence-corrected chi connectivity index (χ2v) is 5.85. The molecule has 0 atom stereocenters. The van der Waals surface area contributed by atoms with Crippen molar-refractivity contribution in [3.63, 3.8) is 0 Å². The first kappa shape index (κ1) is 15.4. The van der Waals surface area contributed by atoms with Crippen LogP contribution in [-0.2, 0) is 18.9 Å². The maximum absolute atomic E-state index is 6.30. The van der Waals surface area contributed by atoms with E-state index in [1.165, 1.54) is 11.1 Å². The Morgan fingerprint density at radius 3 is 2.45 bits per heavy atom. The first-order valence-corrected chi connectivity index (χ1v) is 7.84. The number of alkyl halides is 2. The number of halogens is 2. The number of benzene rings is 1. The van der Waals surface area contributed by atoms with Gasteiger partial charge in [0.05, 0.1) is 0 Å². The fourth-order valence-electron chi connectivity index (χ4n) is 2.60. The number of aryl methyl sites for hydroxylation is 3. The van der Waals surface area contributed by atoms with Gasteiger partial charge in [-0.3, -0.25) is 0 Å². The van der Waals surface area contributed by atoms with E-state index >= 15 is 0 Å². The molecule has 0 aliphatic carbocycles. The van der Waals surface area contributed by atoms with Crippen molar-refractivity contribution in [2.24, 2.45) is 7.05 Å². The van der Waals surface area contributed by atoms with Crippen LogP contribution in [0.5, 0.6) is 0 Å². The van der Waals surface area contributed by atoms with Crippen LogP contribution in [0.2, 0.25) is 0 Å². The summed E-state index contributed by atoms with van der Waals surface area (Å²) in [6.07, 6.45) is 5.56. The van der Waals surface area contributed by atoms with Crippen molar-refractivity contribution in [1.82, 2.24) is 9.55 Å². The Kier molecular flexibility index (Phi) is 5.11. The standard InChI is InChI=1S/C16H20Cl2N2/c1-13-5-3-4-6-14(13)16(11-17,12-18)8-7-15-19-9-10-20(15)2/h3-6,9-10H,7-8,11-12H2,1-2H3. The zero-order valence-corrected chi connectivity index (χ0v) is 13.5. The maximum atomic E-state index is 6.30. The van der Waals surface area contributed by atoms with E-state index in [0.29, 0.717) is 11.8 Å². The van der Waals surface area contributed by atoms with E-state index in [1.54, 1.807) is 0 Å². The van der Waals surface area contributed by atoms with Gasteiger partial charge in [-0.25, -0.2) is 4.98 Å². The van der Waals surface area contributed by atoms with E-state index in [1.807, 2.05) is 30.1 Å². The summed E-state index contributed by atoms with van der Waals surface area (Å²) in [7, 11) is 2.01. The van der Waals surface area contributed by atoms with E-state index in [-0.39, 0.29) is 5.41 Å². The average Bonchev–Trinajstić information content (AvgIpc) is 2.87. The molecule has 0 radical (unpaired) electrons. The SMILES string of the molecule is Cc1ccccc1C(CCl)(CCl)CCc1nccn1C. The first-order valence-electron chi connectivity index (χ1n) is 6.77. The van der Waals surface area contributed by atoms with Crippen molar-refractivity contribution < 1.29 is 0 Å². The lowest BCUT2D eigenvalue weighted by Gasteiger charge is -2.31. The summed E-state index contributed by atoms with van der Waals surface area (Å²) in [5, 5.41) is 0. The zero-order chi connectivity index (χ0) is 14.6. The van der Waals surface area contributed by atoms with Crippen molar-refractivity contribution in [3.05, 3.63) is 53.6 Å². The molecule has 2 nitrogen and oxygen atoms in total. The minimum Gasteiger partial charge on any atom is -0.338 e. The predicted molar refractivity (Wildman–Crippen MR) is 85.8 cm³/mol. The van der Waals surface area contributed by atoms with Gasteiger partial charge in [0, 0.05) is 43.0 Å². The van der Waals surface area contributed by atoms with Gasteiger partial charge in [-0.15, -0.1) is 23.2 Å². The van der Waals surface area contributed by atoms with E-state index < -0.39 is 0 Å². The Morgan fingerprint density at radius 1 is 1.20 bits per heavy atom. The number of hydrogen-bond donors (Lipinski definition) is 0. The Hall–Kier alpha value is -0.990. The van der Waals surface area contributed by atoms with Gasteiger partial charge in [-0.2, -0.15) is 0 Å². The van der Waals surface area contributed by atoms with Crippen LogP contribution < -0.4 is 0 Å². The zero-order valence-electron chi connectivity index (χ0n) is 11.9. The van der Waals surface area contributed by atoms with Gasteiger partial charge in [0.1, 0.15) is 5.82 Å². The molecule has 1 aromatic heterocycles. The number of nitrogens with zero attached hydrogens (tertiary/aromatic N) is 2. The number of imidazole rings is 1. The van der Waals surface area contributed by atoms with Crippen LogP contribution in [0, 0.1) is 6.92 Å². The molecule has 1 heterocycles. The largest absolute Gasteiger partial charge is 0.338 e. The van der Waals surface area contributed by atoms with Gasteiger partial charge in [0.25, 0.3) is 0 Å². The minimum atomic E-state index is -0.194. The van der Waals surface area contributed by atoms with Crippen molar-refractivity contribution in [1.29, 1.82) is 0 Å². The molecule has 0 unspecified atom stereocenters. The summed E-state index contributed by atoms with van der Waals surface area (Å²) in [5.41, 5.74) is 2.30. The fourth-order valence-corrected chi connectivity index (χ4v) is 3.45. The molecule has 2 rings (SSSR count). The van der Waals surface area contributed by atoms with Crippen LogP contribution in [-0.4, -0.2) is 21.3 Å². The summed E-state index contributed by atoms with van der Waals surface area (Å²) in [6, 6.07) is 8.35. The van der Waals surface area contributed by atoms with Gasteiger partial charge in [-0.1, -0.05) is 24.3 Å². The first-order chi connectivity index (χ1) is 9.63. The molecular formula is C16H20Cl2N2. The van der Waals surface area contributed by atoms with Crippen molar-refractivity contribution in [3.8, 4) is 0 Å². The van der Waals surface area contributed by atoms with Crippen LogP contribution in [0.25, 0.3) is 0 Å². The smallest absolute Gasteiger partial charge is 0.108 e. The summed E-state index contributed by atoms with van der Waals surface area (Å²) >= 11 is 12.6. The maximum Gasteiger partial charge on any atom is 0.108 e. The highest BCUT2D eigenvalue weighted by Gasteiger charge is 2.32. The molecule has 0 amide bonds. The topological polar surface area (TPSA) is 17.8 Å². The van der Waals surface area contributed by atoms with E-state index in [4.69, 9.17) is 23.2 Å². The quantitative estimate of drug-likeness (QED) is 0.735. The molecule has 108 valence electrons. The third kappa shape index (κ3) is 3.02. The number of rotatable bonds is 6. The molecule has 0 saturated carbocycles. The van der Waals surface area contributed by atoms with Gasteiger partial charge in [0.15, 0.2) is 0 Å². The Bertz CT molecular complexity index is 559. The molecule has 1 aromatic carbocycles. The summed E-state index contributed by atoms with van der Waals surface area (Å²) in [5.74, 6) is 2.11. The molecule has 4 heteroatoms. The normalized spacial score (nSPS) is 11.8. The minimum absolute atomic E-state index is 0.194. The van der Waals surface area contributed by atoms with Gasteiger partial charge in [-0.05, 0) is 24.5 Å². The molecule has 0 aliphatic rings. The summed E-state index contributed by atoms with van der Waals surface area (Å²) in [6.45, 7) is 2.12. The Balaban J connectivity index is 2.26. The molecule has 0 spiro atoms. The lowest BCUT2D eigenvalue weighted by atomic mass is 9.78. The molecule has 0 bridgehead atoms. The van der Waals surface area contributed by atoms with Crippen LogP contribution >= 0.6 is 23.2 Å². The van der Waals surface area contributed by atoms with E-state index in [0.717, 1.165) is 18.7 Å². The molecular weight excluding hydrogens is 291 g/mol. The highest BCUT2D eigenvalue weighted by atomic mass is 35.5. The van der Waals surface area contributed by atoms with Crippen LogP contribution in [0.4, 0.5) is 0 Å². The molecule has 0 fully saturated rings. The lowest BCUT2D eigenvalue weighted by molar-refractivity contribution is 0.479. The molecule has 0 aliphatic heterocycles. The molecule has 0 saturated heterocycles. The fraction of sp³-hybridized carbons (Fsp3) is 0.438. The van der Waals surface area contributed by atoms with Crippen molar-refractivity contribution in [2.75, 3.05) is 11.8 Å². The Labute approximate surface area is 130 Å². The molecule has 20 heavy (non-hydrogen) atoms. The number of hydrogen-bond acceptors (Lipinski definition) is 1. The average molecular weight is 311 g/mol. The van der Waals surface area contributed by atoms with Gasteiger partial charge < -0.3 is 4.57 Å². The van der Waals surface area contributed by atoms with E-state index in [9.17, 15) is 0 Å². The van der Waals surface area contributed by atoms with Crippen LogP contribution in [0.3, 0.4) is 0 Å². The van der Waals surface area contributed by atoms with Gasteiger partial charge >= 0.3 is 0 Å². The summed E-state index contributed by atoms with van der Waals surface area (Å²) in [4.78, 5) is 4.38. The second-order valence-electron chi connectivity index (χ2n) is 5.32. The van der Waals surface area contributed by atoms with Crippen LogP contribution in [0.1, 0.15) is 23.4 Å². The monoisotopic (exact) mass is 310 g/mol. The highest BCUT2D eigenvalue weighted by Crippen LogP contribution is 2.34. The van der Waals surface area contributed by atoms with E-state index in [2.05, 4.69) is 30.1 Å². The Morgan fingerprint density at radius 2 is 1.90 bits per heavy atom. The molecule has 2 aromatic rings. The second kappa shape index (κ2) is 6.64. The molecule has 0 N–H and O–H groups in total. The van der Waals surface area contributed by atoms with Crippen molar-refractivity contribution >= 4 is 23.2 Å².